The Bertz CT molecular complexity index is 349. The molecule has 1 aromatic rings. The lowest BCUT2D eigenvalue weighted by atomic mass is 10.2. The van der Waals surface area contributed by atoms with Gasteiger partial charge >= 0.3 is 0 Å². The minimum Gasteiger partial charge on any atom is -0.390 e. The van der Waals surface area contributed by atoms with Crippen LogP contribution in [0.5, 0.6) is 0 Å². The van der Waals surface area contributed by atoms with Gasteiger partial charge < -0.3 is 10.2 Å². The zero-order valence-electron chi connectivity index (χ0n) is 8.15. The molecular weight excluding hydrogens is 200 g/mol. The molecule has 1 N–H and O–H groups in total. The molecule has 2 rings (SSSR count). The molecule has 0 bridgehead atoms. The number of rotatable bonds is 3. The molecule has 1 aromatic heterocycles. The van der Waals surface area contributed by atoms with Crippen LogP contribution >= 0.6 is 11.5 Å². The summed E-state index contributed by atoms with van der Waals surface area (Å²) in [4.78, 5) is 9.37. The maximum absolute atomic E-state index is 5.18. The molecule has 0 amide bonds. The summed E-state index contributed by atoms with van der Waals surface area (Å²) in [6.45, 7) is 4.57. The molecule has 76 valence electrons. The second-order valence-corrected chi connectivity index (χ2v) is 4.04. The van der Waals surface area contributed by atoms with Gasteiger partial charge in [0.1, 0.15) is 11.9 Å². The molecule has 0 spiro atoms. The highest BCUT2D eigenvalue weighted by molar-refractivity contribution is 7.09. The van der Waals surface area contributed by atoms with E-state index in [9.17, 15) is 0 Å². The first-order valence-corrected chi connectivity index (χ1v) is 5.25. The third kappa shape index (κ3) is 2.20. The monoisotopic (exact) mass is 212 g/mol. The predicted molar refractivity (Wildman–Crippen MR) is 55.7 cm³/mol. The van der Waals surface area contributed by atoms with Crippen LogP contribution in [0.15, 0.2) is 5.16 Å². The van der Waals surface area contributed by atoms with Crippen molar-refractivity contribution in [3.05, 3.63) is 5.82 Å². The summed E-state index contributed by atoms with van der Waals surface area (Å²) in [5.74, 6) is 0.803. The van der Waals surface area contributed by atoms with E-state index < -0.39 is 0 Å². The van der Waals surface area contributed by atoms with E-state index in [1.54, 1.807) is 0 Å². The van der Waals surface area contributed by atoms with Crippen molar-refractivity contribution in [1.82, 2.24) is 9.36 Å². The molecule has 0 aliphatic carbocycles. The van der Waals surface area contributed by atoms with E-state index in [2.05, 4.69) is 19.8 Å². The molecule has 2 heterocycles. The summed E-state index contributed by atoms with van der Waals surface area (Å²) in [6, 6.07) is 0. The topological polar surface area (TPSA) is 59.4 Å². The Hall–Kier alpha value is -1.17. The number of aryl methyl sites for hydroxylation is 1. The van der Waals surface area contributed by atoms with Gasteiger partial charge in [0.2, 0.25) is 5.13 Å². The van der Waals surface area contributed by atoms with Crippen LogP contribution in [0.2, 0.25) is 0 Å². The first kappa shape index (κ1) is 9.39. The van der Waals surface area contributed by atoms with Gasteiger partial charge in [-0.2, -0.15) is 4.37 Å². The second-order valence-electron chi connectivity index (χ2n) is 3.29. The smallest absolute Gasteiger partial charge is 0.202 e. The fourth-order valence-corrected chi connectivity index (χ4v) is 1.83. The predicted octanol–water partition coefficient (Wildman–Crippen LogP) is 1.42. The maximum atomic E-state index is 5.18. The van der Waals surface area contributed by atoms with Crippen molar-refractivity contribution in [2.75, 3.05) is 11.9 Å². The fourth-order valence-electron chi connectivity index (χ4n) is 1.25. The van der Waals surface area contributed by atoms with Crippen LogP contribution in [0.25, 0.3) is 0 Å². The Morgan fingerprint density at radius 1 is 1.57 bits per heavy atom. The summed E-state index contributed by atoms with van der Waals surface area (Å²) < 4.78 is 4.08. The summed E-state index contributed by atoms with van der Waals surface area (Å²) >= 11 is 1.37. The highest BCUT2D eigenvalue weighted by atomic mass is 32.1. The maximum Gasteiger partial charge on any atom is 0.202 e. The average Bonchev–Trinajstić information content (AvgIpc) is 2.72. The highest BCUT2D eigenvalue weighted by Crippen LogP contribution is 2.13. The molecular formula is C8H12N4OS. The van der Waals surface area contributed by atoms with Crippen LogP contribution in [0.4, 0.5) is 5.13 Å². The van der Waals surface area contributed by atoms with Gasteiger partial charge in [-0.3, -0.25) is 0 Å². The summed E-state index contributed by atoms with van der Waals surface area (Å²) in [6.07, 6.45) is 1.03. The normalized spacial score (nSPS) is 20.4. The molecule has 0 fully saturated rings. The molecule has 6 heteroatoms. The first-order valence-electron chi connectivity index (χ1n) is 4.47. The van der Waals surface area contributed by atoms with Gasteiger partial charge in [0, 0.05) is 18.0 Å². The van der Waals surface area contributed by atoms with Gasteiger partial charge in [0.25, 0.3) is 0 Å². The van der Waals surface area contributed by atoms with Crippen LogP contribution < -0.4 is 5.32 Å². The third-order valence-electron chi connectivity index (χ3n) is 1.89. The van der Waals surface area contributed by atoms with Crippen molar-refractivity contribution in [1.29, 1.82) is 0 Å². The summed E-state index contributed by atoms with van der Waals surface area (Å²) in [5.41, 5.74) is 1.05. The number of aromatic nitrogens is 2. The zero-order chi connectivity index (χ0) is 9.97. The van der Waals surface area contributed by atoms with Crippen LogP contribution in [0.3, 0.4) is 0 Å². The van der Waals surface area contributed by atoms with Gasteiger partial charge in [0.05, 0.1) is 12.3 Å². The molecule has 5 nitrogen and oxygen atoms in total. The van der Waals surface area contributed by atoms with Gasteiger partial charge in [-0.25, -0.2) is 4.98 Å². The van der Waals surface area contributed by atoms with Crippen LogP contribution in [0.1, 0.15) is 19.2 Å². The van der Waals surface area contributed by atoms with E-state index in [0.29, 0.717) is 0 Å². The van der Waals surface area contributed by atoms with E-state index in [1.807, 2.05) is 13.8 Å². The van der Waals surface area contributed by atoms with Crippen molar-refractivity contribution in [3.63, 3.8) is 0 Å². The first-order chi connectivity index (χ1) is 6.74. The molecule has 1 aliphatic rings. The Balaban J connectivity index is 1.78. The average molecular weight is 212 g/mol. The van der Waals surface area contributed by atoms with Crippen molar-refractivity contribution in [2.24, 2.45) is 5.16 Å². The van der Waals surface area contributed by atoms with Gasteiger partial charge in [-0.15, -0.1) is 0 Å². The van der Waals surface area contributed by atoms with Gasteiger partial charge in [0.15, 0.2) is 0 Å². The minimum absolute atomic E-state index is 0.138. The van der Waals surface area contributed by atoms with E-state index in [-0.39, 0.29) is 6.10 Å². The fraction of sp³-hybridized carbons (Fsp3) is 0.625. The van der Waals surface area contributed by atoms with Crippen LogP contribution in [-0.4, -0.2) is 27.7 Å². The molecule has 1 atom stereocenters. The van der Waals surface area contributed by atoms with E-state index in [1.165, 1.54) is 11.5 Å². The minimum atomic E-state index is 0.138. The largest absolute Gasteiger partial charge is 0.390 e. The quantitative estimate of drug-likeness (QED) is 0.823. The molecule has 0 unspecified atom stereocenters. The number of nitrogens with zero attached hydrogens (tertiary/aromatic N) is 3. The van der Waals surface area contributed by atoms with Gasteiger partial charge in [-0.05, 0) is 13.8 Å². The van der Waals surface area contributed by atoms with Crippen molar-refractivity contribution in [3.8, 4) is 0 Å². The molecule has 0 saturated carbocycles. The van der Waals surface area contributed by atoms with E-state index in [0.717, 1.165) is 29.6 Å². The Morgan fingerprint density at radius 3 is 3.00 bits per heavy atom. The SMILES string of the molecule is CC1=NO[C@@H](CNc2nc(C)ns2)C1. The van der Waals surface area contributed by atoms with Crippen molar-refractivity contribution in [2.45, 2.75) is 26.4 Å². The van der Waals surface area contributed by atoms with Crippen molar-refractivity contribution < 1.29 is 4.84 Å². The lowest BCUT2D eigenvalue weighted by Gasteiger charge is -2.07. The number of anilines is 1. The van der Waals surface area contributed by atoms with E-state index >= 15 is 0 Å². The molecule has 0 aromatic carbocycles. The molecule has 14 heavy (non-hydrogen) atoms. The number of nitrogens with one attached hydrogen (secondary N) is 1. The van der Waals surface area contributed by atoms with Crippen LogP contribution in [0, 0.1) is 6.92 Å². The van der Waals surface area contributed by atoms with Gasteiger partial charge in [-0.1, -0.05) is 5.16 Å². The Labute approximate surface area is 86.3 Å². The lowest BCUT2D eigenvalue weighted by molar-refractivity contribution is 0.0949. The number of hydrogen-bond acceptors (Lipinski definition) is 6. The third-order valence-corrected chi connectivity index (χ3v) is 2.65. The molecule has 1 aliphatic heterocycles. The highest BCUT2D eigenvalue weighted by Gasteiger charge is 2.17. The summed E-state index contributed by atoms with van der Waals surface area (Å²) in [7, 11) is 0. The van der Waals surface area contributed by atoms with Crippen LogP contribution in [-0.2, 0) is 4.84 Å². The molecule has 0 saturated heterocycles. The van der Waals surface area contributed by atoms with E-state index in [4.69, 9.17) is 4.84 Å². The standard InChI is InChI=1S/C8H12N4OS/c1-5-3-7(13-11-5)4-9-8-10-6(2)12-14-8/h7H,3-4H2,1-2H3,(H,9,10,12)/t7-/m1/s1. The van der Waals surface area contributed by atoms with Crippen molar-refractivity contribution >= 4 is 22.4 Å². The number of hydrogen-bond donors (Lipinski definition) is 1. The Morgan fingerprint density at radius 2 is 2.43 bits per heavy atom. The zero-order valence-corrected chi connectivity index (χ0v) is 8.97. The summed E-state index contributed by atoms with van der Waals surface area (Å²) in [5, 5.41) is 7.90. The lowest BCUT2D eigenvalue weighted by Crippen LogP contribution is -2.19. The Kier molecular flexibility index (Phi) is 2.62. The second kappa shape index (κ2) is 3.91. The molecule has 0 radical (unpaired) electrons. The number of oxime groups is 1.